The van der Waals surface area contributed by atoms with Crippen molar-refractivity contribution in [2.75, 3.05) is 6.61 Å². The fourth-order valence-electron chi connectivity index (χ4n) is 1.38. The molecule has 1 amide bonds. The molecule has 10 heteroatoms. The van der Waals surface area contributed by atoms with Gasteiger partial charge >= 0.3 is 19.1 Å². The van der Waals surface area contributed by atoms with Gasteiger partial charge < -0.3 is 19.9 Å². The Bertz CT molecular complexity index is 463. The number of benzene rings is 1. The maximum Gasteiger partial charge on any atom is 0.573 e. The van der Waals surface area contributed by atoms with Gasteiger partial charge in [-0.1, -0.05) is 12.1 Å². The minimum absolute atomic E-state index is 0.115. The second-order valence-electron chi connectivity index (χ2n) is 3.64. The minimum atomic E-state index is -4.86. The molecule has 0 spiro atoms. The van der Waals surface area contributed by atoms with E-state index in [0.717, 1.165) is 24.3 Å². The fourth-order valence-corrected chi connectivity index (χ4v) is 1.38. The summed E-state index contributed by atoms with van der Waals surface area (Å²) in [5.41, 5.74) is 4.89. The van der Waals surface area contributed by atoms with Crippen molar-refractivity contribution < 1.29 is 41.0 Å². The van der Waals surface area contributed by atoms with Crippen molar-refractivity contribution in [3.8, 4) is 5.75 Å². The zero-order valence-electron chi connectivity index (χ0n) is 10.3. The van der Waals surface area contributed by atoms with Gasteiger partial charge in [0.2, 0.25) is 0 Å². The van der Waals surface area contributed by atoms with E-state index in [4.69, 9.17) is 5.73 Å². The van der Waals surface area contributed by atoms with Crippen LogP contribution in [-0.2, 0) is 9.47 Å². The predicted molar refractivity (Wildman–Crippen MR) is 58.5 cm³/mol. The van der Waals surface area contributed by atoms with Gasteiger partial charge in [-0.3, -0.25) is 0 Å². The highest BCUT2D eigenvalue weighted by Crippen LogP contribution is 2.26. The van der Waals surface area contributed by atoms with E-state index in [1.54, 1.807) is 0 Å². The maximum absolute atomic E-state index is 12.0. The number of carbonyl (C=O) groups is 1. The lowest BCUT2D eigenvalue weighted by Gasteiger charge is -2.17. The van der Waals surface area contributed by atoms with Crippen LogP contribution in [0.4, 0.5) is 26.7 Å². The molecule has 0 fully saturated rings. The summed E-state index contributed by atoms with van der Waals surface area (Å²) in [7, 11) is 0. The first-order valence-electron chi connectivity index (χ1n) is 5.39. The highest BCUT2D eigenvalue weighted by atomic mass is 19.4. The first kappa shape index (κ1) is 17.0. The van der Waals surface area contributed by atoms with Crippen molar-refractivity contribution in [2.45, 2.75) is 19.1 Å². The first-order valence-corrected chi connectivity index (χ1v) is 5.39. The normalized spacial score (nSPS) is 13.0. The Hall–Kier alpha value is -2.10. The second-order valence-corrected chi connectivity index (χ2v) is 3.64. The molecule has 1 aromatic carbocycles. The summed E-state index contributed by atoms with van der Waals surface area (Å²) in [5.74, 6) is -0.515. The van der Waals surface area contributed by atoms with E-state index >= 15 is 0 Å². The van der Waals surface area contributed by atoms with E-state index in [0.29, 0.717) is 0 Å². The van der Waals surface area contributed by atoms with Crippen LogP contribution in [0.25, 0.3) is 0 Å². The van der Waals surface area contributed by atoms with E-state index in [9.17, 15) is 26.7 Å². The Morgan fingerprint density at radius 1 is 1.19 bits per heavy atom. The summed E-state index contributed by atoms with van der Waals surface area (Å²) in [6, 6.07) is 4.07. The van der Waals surface area contributed by atoms with Crippen molar-refractivity contribution in [2.24, 2.45) is 5.73 Å². The monoisotopic (exact) mass is 315 g/mol. The lowest BCUT2D eigenvalue weighted by molar-refractivity contribution is -0.274. The number of nitrogens with two attached hydrogens (primary N) is 1. The number of carbonyl (C=O) groups excluding carboxylic acids is 1. The van der Waals surface area contributed by atoms with Gasteiger partial charge in [0.15, 0.2) is 6.10 Å². The van der Waals surface area contributed by atoms with Gasteiger partial charge in [-0.25, -0.2) is 4.79 Å². The van der Waals surface area contributed by atoms with E-state index in [2.05, 4.69) is 14.2 Å². The quantitative estimate of drug-likeness (QED) is 0.819. The molecule has 0 aliphatic carbocycles. The lowest BCUT2D eigenvalue weighted by Crippen LogP contribution is -2.22. The van der Waals surface area contributed by atoms with Crippen LogP contribution in [0.5, 0.6) is 5.75 Å². The molecule has 118 valence electrons. The van der Waals surface area contributed by atoms with Crippen LogP contribution in [0.1, 0.15) is 11.7 Å². The first-order chi connectivity index (χ1) is 9.67. The molecule has 0 aromatic heterocycles. The molecule has 0 saturated carbocycles. The van der Waals surface area contributed by atoms with Gasteiger partial charge in [0, 0.05) is 0 Å². The summed E-state index contributed by atoms with van der Waals surface area (Å²) >= 11 is 0. The van der Waals surface area contributed by atoms with Crippen molar-refractivity contribution in [1.82, 2.24) is 0 Å². The van der Waals surface area contributed by atoms with Crippen LogP contribution < -0.4 is 10.5 Å². The Morgan fingerprint density at radius 3 is 2.19 bits per heavy atom. The molecule has 0 heterocycles. The molecule has 21 heavy (non-hydrogen) atoms. The molecule has 1 atom stereocenters. The minimum Gasteiger partial charge on any atom is -0.439 e. The largest absolute Gasteiger partial charge is 0.573 e. The van der Waals surface area contributed by atoms with E-state index < -0.39 is 37.5 Å². The Balaban J connectivity index is 2.80. The van der Waals surface area contributed by atoms with Gasteiger partial charge in [0.05, 0.1) is 6.61 Å². The number of ether oxygens (including phenoxy) is 3. The van der Waals surface area contributed by atoms with Crippen LogP contribution in [0.2, 0.25) is 0 Å². The van der Waals surface area contributed by atoms with E-state index in [1.807, 2.05) is 0 Å². The highest BCUT2D eigenvalue weighted by Gasteiger charge is 2.31. The number of amides is 1. The maximum atomic E-state index is 12.0. The van der Waals surface area contributed by atoms with Crippen LogP contribution in [0.3, 0.4) is 0 Å². The van der Waals surface area contributed by atoms with E-state index in [-0.39, 0.29) is 5.56 Å². The molecular formula is C11H10F5NO4. The third kappa shape index (κ3) is 6.75. The molecule has 0 saturated heterocycles. The highest BCUT2D eigenvalue weighted by molar-refractivity contribution is 5.65. The lowest BCUT2D eigenvalue weighted by atomic mass is 10.1. The number of hydrogen-bond acceptors (Lipinski definition) is 4. The number of alkyl halides is 5. The van der Waals surface area contributed by atoms with E-state index in [1.165, 1.54) is 0 Å². The van der Waals surface area contributed by atoms with Gasteiger partial charge in [-0.15, -0.1) is 13.2 Å². The molecule has 0 bridgehead atoms. The Kier molecular flexibility index (Phi) is 5.70. The molecule has 1 aromatic rings. The molecule has 2 N–H and O–H groups in total. The summed E-state index contributed by atoms with van der Waals surface area (Å²) in [5, 5.41) is 0. The fraction of sp³-hybridized carbons (Fsp3) is 0.364. The van der Waals surface area contributed by atoms with Crippen LogP contribution in [0.15, 0.2) is 24.3 Å². The molecule has 0 aliphatic heterocycles. The average molecular weight is 315 g/mol. The zero-order chi connectivity index (χ0) is 16.0. The van der Waals surface area contributed by atoms with Gasteiger partial charge in [-0.05, 0) is 17.7 Å². The summed E-state index contributed by atoms with van der Waals surface area (Å²) < 4.78 is 72.0. The molecule has 0 radical (unpaired) electrons. The van der Waals surface area contributed by atoms with Crippen LogP contribution in [-0.4, -0.2) is 25.7 Å². The summed E-state index contributed by atoms with van der Waals surface area (Å²) in [4.78, 5) is 10.7. The van der Waals surface area contributed by atoms with Crippen molar-refractivity contribution >= 4 is 6.09 Å². The van der Waals surface area contributed by atoms with Gasteiger partial charge in [0.1, 0.15) is 5.75 Å². The molecule has 0 aliphatic rings. The predicted octanol–water partition coefficient (Wildman–Crippen LogP) is 2.96. The topological polar surface area (TPSA) is 70.8 Å². The van der Waals surface area contributed by atoms with Gasteiger partial charge in [0.25, 0.3) is 0 Å². The average Bonchev–Trinajstić information content (AvgIpc) is 2.33. The van der Waals surface area contributed by atoms with Crippen LogP contribution in [0, 0.1) is 0 Å². The van der Waals surface area contributed by atoms with Crippen molar-refractivity contribution in [3.05, 3.63) is 29.8 Å². The SMILES string of the molecule is NC(=O)OC(COC(F)F)c1ccc(OC(F)(F)F)cc1. The van der Waals surface area contributed by atoms with Gasteiger partial charge in [-0.2, -0.15) is 8.78 Å². The summed E-state index contributed by atoms with van der Waals surface area (Å²) in [6.45, 7) is -3.81. The van der Waals surface area contributed by atoms with Crippen molar-refractivity contribution in [1.29, 1.82) is 0 Å². The molecule has 5 nitrogen and oxygen atoms in total. The molecule has 1 unspecified atom stereocenters. The Morgan fingerprint density at radius 2 is 1.76 bits per heavy atom. The summed E-state index contributed by atoms with van der Waals surface area (Å²) in [6.07, 6.45) is -7.38. The standard InChI is InChI=1S/C11H10F5NO4/c12-9(13)19-5-8(20-10(17)18)6-1-3-7(4-2-6)21-11(14,15)16/h1-4,8-9H,5H2,(H2,17,18). The zero-order valence-corrected chi connectivity index (χ0v) is 10.3. The van der Waals surface area contributed by atoms with Crippen LogP contribution >= 0.6 is 0 Å². The molecular weight excluding hydrogens is 305 g/mol. The molecule has 1 rings (SSSR count). The smallest absolute Gasteiger partial charge is 0.439 e. The third-order valence-corrected chi connectivity index (χ3v) is 2.12. The van der Waals surface area contributed by atoms with Crippen molar-refractivity contribution in [3.63, 3.8) is 0 Å². The number of primary amides is 1. The Labute approximate surface area is 115 Å². The number of rotatable bonds is 6. The second kappa shape index (κ2) is 7.07. The third-order valence-electron chi connectivity index (χ3n) is 2.12. The number of hydrogen-bond donors (Lipinski definition) is 1. The number of halogens is 5.